The van der Waals surface area contributed by atoms with Crippen LogP contribution in [0.1, 0.15) is 129 Å². The molecule has 0 rings (SSSR count). The van der Waals surface area contributed by atoms with Crippen molar-refractivity contribution in [2.75, 3.05) is 5.75 Å². The van der Waals surface area contributed by atoms with E-state index in [0.29, 0.717) is 6.42 Å². The van der Waals surface area contributed by atoms with Gasteiger partial charge in [0.05, 0.1) is 16.2 Å². The average Bonchev–Trinajstić information content (AvgIpc) is 2.62. The maximum Gasteiger partial charge on any atom is 1.00 e. The van der Waals surface area contributed by atoms with Gasteiger partial charge < -0.3 is 9.66 Å². The van der Waals surface area contributed by atoms with Gasteiger partial charge in [-0.25, -0.2) is 8.42 Å². The van der Waals surface area contributed by atoms with Gasteiger partial charge in [-0.2, -0.15) is 0 Å². The fourth-order valence-electron chi connectivity index (χ4n) is 3.51. The van der Waals surface area contributed by atoms with Crippen molar-refractivity contribution in [3.63, 3.8) is 0 Å². The molecule has 0 aromatic carbocycles. The summed E-state index contributed by atoms with van der Waals surface area (Å²) in [5.74, 6) is -0.198. The first-order valence-corrected chi connectivity index (χ1v) is 13.1. The molecule has 0 saturated heterocycles. The zero-order valence-electron chi connectivity index (χ0n) is 18.8. The van der Waals surface area contributed by atoms with Crippen LogP contribution in [0.5, 0.6) is 0 Å². The summed E-state index contributed by atoms with van der Waals surface area (Å²) in [6.07, 6.45) is 22.5. The normalized spacial score (nSPS) is 12.7. The molecule has 0 spiro atoms. The second-order valence-electron chi connectivity index (χ2n) is 8.12. The van der Waals surface area contributed by atoms with Crippen LogP contribution in [0, 0.1) is 0 Å². The van der Waals surface area contributed by atoms with Gasteiger partial charge in [0.2, 0.25) is 0 Å². The van der Waals surface area contributed by atoms with E-state index in [1.54, 1.807) is 0 Å². The molecule has 1 atom stereocenters. The van der Waals surface area contributed by atoms with Crippen LogP contribution in [0.4, 0.5) is 0 Å². The summed E-state index contributed by atoms with van der Waals surface area (Å²) in [4.78, 5) is 0. The topological polar surface area (TPSA) is 77.4 Å². The minimum absolute atomic E-state index is 0. The van der Waals surface area contributed by atoms with Gasteiger partial charge >= 0.3 is 29.6 Å². The number of hydrogen-bond acceptors (Lipinski definition) is 4. The molecule has 1 unspecified atom stereocenters. The smallest absolute Gasteiger partial charge is 0.748 e. The van der Waals surface area contributed by atoms with E-state index in [1.165, 1.54) is 83.5 Å². The van der Waals surface area contributed by atoms with E-state index in [-0.39, 0.29) is 41.4 Å². The Morgan fingerprint density at radius 2 is 0.929 bits per heavy atom. The molecular formula is C22H45NaO4S. The molecule has 0 aromatic heterocycles. The molecule has 6 heteroatoms. The van der Waals surface area contributed by atoms with E-state index in [4.69, 9.17) is 0 Å². The van der Waals surface area contributed by atoms with Crippen LogP contribution in [0.25, 0.3) is 0 Å². The summed E-state index contributed by atoms with van der Waals surface area (Å²) in [7, 11) is -4.01. The first kappa shape index (κ1) is 31.1. The van der Waals surface area contributed by atoms with Crippen molar-refractivity contribution >= 4 is 10.1 Å². The van der Waals surface area contributed by atoms with E-state index in [1.807, 2.05) is 6.92 Å². The standard InChI is InChI=1S/C22H46O4S.Na/c1-2-22(23)20-18-16-14-12-10-8-6-4-3-5-7-9-11-13-15-17-19-21-27(24,25)26;/h22-23H,2-21H2,1H3,(H,24,25,26);/q;+1/p-1. The molecule has 0 aromatic rings. The third kappa shape index (κ3) is 26.9. The maximum atomic E-state index is 10.5. The summed E-state index contributed by atoms with van der Waals surface area (Å²) in [6, 6.07) is 0. The number of hydrogen-bond donors (Lipinski definition) is 1. The van der Waals surface area contributed by atoms with Crippen LogP contribution in [0.3, 0.4) is 0 Å². The predicted octanol–water partition coefficient (Wildman–Crippen LogP) is 3.33. The molecule has 0 aliphatic carbocycles. The van der Waals surface area contributed by atoms with Crippen LogP contribution in [0.2, 0.25) is 0 Å². The Labute approximate surface area is 197 Å². The molecule has 0 heterocycles. The van der Waals surface area contributed by atoms with E-state index < -0.39 is 10.1 Å². The van der Waals surface area contributed by atoms with Gasteiger partial charge in [-0.3, -0.25) is 0 Å². The van der Waals surface area contributed by atoms with Gasteiger partial charge in [-0.05, 0) is 19.3 Å². The second-order valence-corrected chi connectivity index (χ2v) is 9.65. The first-order valence-electron chi connectivity index (χ1n) is 11.6. The zero-order chi connectivity index (χ0) is 20.2. The number of aliphatic hydroxyl groups excluding tert-OH is 1. The van der Waals surface area contributed by atoms with Crippen LogP contribution >= 0.6 is 0 Å². The van der Waals surface area contributed by atoms with Gasteiger partial charge in [-0.1, -0.05) is 110 Å². The fraction of sp³-hybridized carbons (Fsp3) is 1.00. The quantitative estimate of drug-likeness (QED) is 0.173. The minimum Gasteiger partial charge on any atom is -0.748 e. The predicted molar refractivity (Wildman–Crippen MR) is 114 cm³/mol. The molecule has 1 N–H and O–H groups in total. The van der Waals surface area contributed by atoms with Gasteiger partial charge in [0.15, 0.2) is 0 Å². The van der Waals surface area contributed by atoms with E-state index in [2.05, 4.69) is 0 Å². The molecule has 0 aliphatic rings. The summed E-state index contributed by atoms with van der Waals surface area (Å²) < 4.78 is 31.4. The van der Waals surface area contributed by atoms with Crippen LogP contribution in [0.15, 0.2) is 0 Å². The van der Waals surface area contributed by atoms with Gasteiger partial charge in [0, 0.05) is 5.75 Å². The Morgan fingerprint density at radius 1 is 0.643 bits per heavy atom. The Morgan fingerprint density at radius 3 is 1.21 bits per heavy atom. The Kier molecular flexibility index (Phi) is 25.0. The van der Waals surface area contributed by atoms with Crippen molar-refractivity contribution in [2.45, 2.75) is 135 Å². The molecular weight excluding hydrogens is 383 g/mol. The Hall–Kier alpha value is 0.870. The average molecular weight is 429 g/mol. The Balaban J connectivity index is 0. The molecule has 0 amide bonds. The van der Waals surface area contributed by atoms with Crippen molar-refractivity contribution in [3.8, 4) is 0 Å². The zero-order valence-corrected chi connectivity index (χ0v) is 21.6. The summed E-state index contributed by atoms with van der Waals surface area (Å²) >= 11 is 0. The second kappa shape index (κ2) is 22.6. The molecule has 28 heavy (non-hydrogen) atoms. The summed E-state index contributed by atoms with van der Waals surface area (Å²) in [5.41, 5.74) is 0. The monoisotopic (exact) mass is 428 g/mol. The van der Waals surface area contributed by atoms with Crippen LogP contribution in [-0.4, -0.2) is 29.9 Å². The molecule has 164 valence electrons. The van der Waals surface area contributed by atoms with E-state index >= 15 is 0 Å². The van der Waals surface area contributed by atoms with E-state index in [0.717, 1.165) is 32.1 Å². The van der Waals surface area contributed by atoms with Gasteiger partial charge in [0.25, 0.3) is 0 Å². The molecule has 0 aliphatic heterocycles. The number of rotatable bonds is 21. The number of unbranched alkanes of at least 4 members (excludes halogenated alkanes) is 16. The van der Waals surface area contributed by atoms with Crippen molar-refractivity contribution in [1.29, 1.82) is 0 Å². The molecule has 0 fully saturated rings. The molecule has 4 nitrogen and oxygen atoms in total. The summed E-state index contributed by atoms with van der Waals surface area (Å²) in [6.45, 7) is 2.04. The Bertz CT molecular complexity index is 401. The SMILES string of the molecule is CCC(O)CCCCCCCCCCCCCCCCCCCS(=O)(=O)[O-].[Na+]. The van der Waals surface area contributed by atoms with E-state index in [9.17, 15) is 18.1 Å². The molecule has 0 bridgehead atoms. The van der Waals surface area contributed by atoms with Crippen LogP contribution < -0.4 is 29.6 Å². The number of aliphatic hydroxyl groups is 1. The van der Waals surface area contributed by atoms with Gasteiger partial charge in [0.1, 0.15) is 0 Å². The minimum atomic E-state index is -4.01. The fourth-order valence-corrected chi connectivity index (χ4v) is 4.07. The van der Waals surface area contributed by atoms with Gasteiger partial charge in [-0.15, -0.1) is 0 Å². The van der Waals surface area contributed by atoms with Crippen molar-refractivity contribution in [3.05, 3.63) is 0 Å². The third-order valence-electron chi connectivity index (χ3n) is 5.40. The summed E-state index contributed by atoms with van der Waals surface area (Å²) in [5, 5.41) is 9.49. The van der Waals surface area contributed by atoms with Crippen LogP contribution in [-0.2, 0) is 10.1 Å². The van der Waals surface area contributed by atoms with Crippen molar-refractivity contribution in [1.82, 2.24) is 0 Å². The maximum absolute atomic E-state index is 10.5. The van der Waals surface area contributed by atoms with Crippen molar-refractivity contribution < 1.29 is 47.6 Å². The third-order valence-corrected chi connectivity index (χ3v) is 6.19. The molecule has 0 radical (unpaired) electrons. The first-order chi connectivity index (χ1) is 13.0. The molecule has 0 saturated carbocycles. The largest absolute Gasteiger partial charge is 1.00 e. The van der Waals surface area contributed by atoms with Crippen molar-refractivity contribution in [2.24, 2.45) is 0 Å².